The summed E-state index contributed by atoms with van der Waals surface area (Å²) in [6, 6.07) is 9.43. The molecule has 30 heavy (non-hydrogen) atoms. The molecule has 1 saturated heterocycles. The van der Waals surface area contributed by atoms with Gasteiger partial charge in [-0.3, -0.25) is 4.79 Å². The number of hydrogen-bond donors (Lipinski definition) is 1. The van der Waals surface area contributed by atoms with Crippen LogP contribution in [0.2, 0.25) is 0 Å². The number of thioether (sulfide) groups is 1. The smallest absolute Gasteiger partial charge is 0.243 e. The maximum absolute atomic E-state index is 14.0. The number of fused-ring (bicyclic) bond motifs is 1. The molecule has 0 aliphatic carbocycles. The highest BCUT2D eigenvalue weighted by atomic mass is 32.2. The summed E-state index contributed by atoms with van der Waals surface area (Å²) in [6.07, 6.45) is 1.54. The number of carbonyl (C=O) groups excluding carboxylic acids is 1. The molecular formula is C21H22F2N2O3S2. The minimum atomic E-state index is -3.71. The zero-order valence-corrected chi connectivity index (χ0v) is 17.8. The van der Waals surface area contributed by atoms with E-state index < -0.39 is 15.8 Å². The van der Waals surface area contributed by atoms with E-state index in [0.29, 0.717) is 17.7 Å². The molecule has 1 amide bonds. The van der Waals surface area contributed by atoms with Crippen LogP contribution in [0.3, 0.4) is 0 Å². The number of halogens is 2. The van der Waals surface area contributed by atoms with Crippen molar-refractivity contribution in [2.24, 2.45) is 5.92 Å². The van der Waals surface area contributed by atoms with Gasteiger partial charge in [-0.1, -0.05) is 12.1 Å². The van der Waals surface area contributed by atoms with E-state index in [1.54, 1.807) is 6.07 Å². The molecular weight excluding hydrogens is 430 g/mol. The van der Waals surface area contributed by atoms with Crippen LogP contribution in [0.4, 0.5) is 8.78 Å². The van der Waals surface area contributed by atoms with Crippen LogP contribution >= 0.6 is 11.8 Å². The lowest BCUT2D eigenvalue weighted by Crippen LogP contribution is -2.44. The van der Waals surface area contributed by atoms with Crippen molar-refractivity contribution in [1.29, 1.82) is 0 Å². The number of sulfonamides is 1. The molecule has 1 atom stereocenters. The van der Waals surface area contributed by atoms with Crippen molar-refractivity contribution in [3.05, 3.63) is 59.7 Å². The van der Waals surface area contributed by atoms with E-state index in [-0.39, 0.29) is 41.7 Å². The van der Waals surface area contributed by atoms with Gasteiger partial charge in [0, 0.05) is 29.7 Å². The zero-order chi connectivity index (χ0) is 21.3. The van der Waals surface area contributed by atoms with E-state index in [9.17, 15) is 22.0 Å². The first kappa shape index (κ1) is 21.3. The standard InChI is InChI=1S/C21H22F2N2O3S2/c22-15-4-6-16(7-5-15)30(27,28)25-11-8-14(9-12-25)21(26)24-19-10-13-29-20-17(19)2-1-3-18(20)23/h1-7,14,19H,8-13H2,(H,24,26)/t19-/m0/s1. The van der Waals surface area contributed by atoms with Gasteiger partial charge in [0.2, 0.25) is 15.9 Å². The molecule has 5 nitrogen and oxygen atoms in total. The Labute approximate surface area is 178 Å². The normalized spacial score (nSPS) is 20.5. The fourth-order valence-electron chi connectivity index (χ4n) is 3.94. The highest BCUT2D eigenvalue weighted by Crippen LogP contribution is 2.38. The lowest BCUT2D eigenvalue weighted by atomic mass is 9.95. The number of piperidine rings is 1. The average molecular weight is 453 g/mol. The molecule has 4 rings (SSSR count). The Kier molecular flexibility index (Phi) is 6.13. The molecule has 0 saturated carbocycles. The van der Waals surface area contributed by atoms with Crippen LogP contribution in [0.25, 0.3) is 0 Å². The zero-order valence-electron chi connectivity index (χ0n) is 16.2. The van der Waals surface area contributed by atoms with Gasteiger partial charge in [0.1, 0.15) is 11.6 Å². The Morgan fingerprint density at radius 1 is 1.03 bits per heavy atom. The second-order valence-electron chi connectivity index (χ2n) is 7.49. The second kappa shape index (κ2) is 8.64. The van der Waals surface area contributed by atoms with Gasteiger partial charge in [0.05, 0.1) is 10.9 Å². The Balaban J connectivity index is 1.39. The quantitative estimate of drug-likeness (QED) is 0.768. The number of nitrogens with zero attached hydrogens (tertiary/aromatic N) is 1. The van der Waals surface area contributed by atoms with E-state index >= 15 is 0 Å². The largest absolute Gasteiger partial charge is 0.349 e. The second-order valence-corrected chi connectivity index (χ2v) is 10.5. The van der Waals surface area contributed by atoms with Crippen LogP contribution in [-0.4, -0.2) is 37.5 Å². The first-order chi connectivity index (χ1) is 14.4. The first-order valence-electron chi connectivity index (χ1n) is 9.83. The fraction of sp³-hybridized carbons (Fsp3) is 0.381. The van der Waals surface area contributed by atoms with Gasteiger partial charge in [-0.25, -0.2) is 17.2 Å². The van der Waals surface area contributed by atoms with Gasteiger partial charge in [-0.05, 0) is 55.2 Å². The van der Waals surface area contributed by atoms with Crippen LogP contribution in [-0.2, 0) is 14.8 Å². The van der Waals surface area contributed by atoms with Gasteiger partial charge < -0.3 is 5.32 Å². The number of rotatable bonds is 4. The number of hydrogen-bond acceptors (Lipinski definition) is 4. The Morgan fingerprint density at radius 2 is 1.73 bits per heavy atom. The molecule has 2 heterocycles. The molecule has 1 N–H and O–H groups in total. The van der Waals surface area contributed by atoms with Crippen molar-refractivity contribution < 1.29 is 22.0 Å². The molecule has 2 aliphatic rings. The summed E-state index contributed by atoms with van der Waals surface area (Å²) in [6.45, 7) is 0.451. The van der Waals surface area contributed by atoms with Gasteiger partial charge in [0.15, 0.2) is 0 Å². The molecule has 0 unspecified atom stereocenters. The summed E-state index contributed by atoms with van der Waals surface area (Å²) in [5, 5.41) is 3.03. The summed E-state index contributed by atoms with van der Waals surface area (Å²) in [5.74, 6) is -0.451. The van der Waals surface area contributed by atoms with Crippen molar-refractivity contribution in [2.75, 3.05) is 18.8 Å². The number of amides is 1. The molecule has 0 aromatic heterocycles. The monoisotopic (exact) mass is 452 g/mol. The van der Waals surface area contributed by atoms with E-state index in [4.69, 9.17) is 0 Å². The first-order valence-corrected chi connectivity index (χ1v) is 12.3. The van der Waals surface area contributed by atoms with E-state index in [1.165, 1.54) is 34.3 Å². The molecule has 2 aromatic rings. The Bertz CT molecular complexity index is 1040. The van der Waals surface area contributed by atoms with Crippen molar-refractivity contribution in [3.63, 3.8) is 0 Å². The summed E-state index contributed by atoms with van der Waals surface area (Å²) in [4.78, 5) is 13.4. The van der Waals surface area contributed by atoms with Crippen LogP contribution < -0.4 is 5.32 Å². The topological polar surface area (TPSA) is 66.5 Å². The third-order valence-electron chi connectivity index (χ3n) is 5.62. The van der Waals surface area contributed by atoms with Crippen molar-refractivity contribution in [2.45, 2.75) is 35.1 Å². The van der Waals surface area contributed by atoms with E-state index in [2.05, 4.69) is 5.32 Å². The lowest BCUT2D eigenvalue weighted by molar-refractivity contribution is -0.127. The molecule has 9 heteroatoms. The maximum atomic E-state index is 14.0. The minimum absolute atomic E-state index is 0.0464. The lowest BCUT2D eigenvalue weighted by Gasteiger charge is -2.32. The molecule has 2 aromatic carbocycles. The summed E-state index contributed by atoms with van der Waals surface area (Å²) >= 11 is 1.46. The van der Waals surface area contributed by atoms with E-state index in [0.717, 1.165) is 29.9 Å². The third kappa shape index (κ3) is 4.24. The number of nitrogens with one attached hydrogen (secondary N) is 1. The van der Waals surface area contributed by atoms with Crippen LogP contribution in [0.5, 0.6) is 0 Å². The highest BCUT2D eigenvalue weighted by Gasteiger charge is 2.33. The van der Waals surface area contributed by atoms with Gasteiger partial charge in [0.25, 0.3) is 0 Å². The molecule has 0 spiro atoms. The number of carbonyl (C=O) groups is 1. The Morgan fingerprint density at radius 3 is 2.43 bits per heavy atom. The summed E-state index contributed by atoms with van der Waals surface area (Å²) in [7, 11) is -3.71. The number of benzene rings is 2. The summed E-state index contributed by atoms with van der Waals surface area (Å²) in [5.41, 5.74) is 0.802. The minimum Gasteiger partial charge on any atom is -0.349 e. The third-order valence-corrected chi connectivity index (χ3v) is 8.69. The molecule has 1 fully saturated rings. The van der Waals surface area contributed by atoms with Crippen molar-refractivity contribution >= 4 is 27.7 Å². The predicted octanol–water partition coefficient (Wildman–Crippen LogP) is 3.72. The average Bonchev–Trinajstić information content (AvgIpc) is 2.75. The molecule has 160 valence electrons. The van der Waals surface area contributed by atoms with E-state index in [1.807, 2.05) is 6.07 Å². The van der Waals surface area contributed by atoms with Gasteiger partial charge in [-0.15, -0.1) is 11.8 Å². The fourth-order valence-corrected chi connectivity index (χ4v) is 6.55. The van der Waals surface area contributed by atoms with Crippen molar-refractivity contribution in [3.8, 4) is 0 Å². The van der Waals surface area contributed by atoms with Gasteiger partial charge in [-0.2, -0.15) is 4.31 Å². The highest BCUT2D eigenvalue weighted by molar-refractivity contribution is 7.99. The molecule has 0 bridgehead atoms. The molecule has 0 radical (unpaired) electrons. The Hall–Kier alpha value is -1.97. The van der Waals surface area contributed by atoms with Gasteiger partial charge >= 0.3 is 0 Å². The SMILES string of the molecule is O=C(N[C@H]1CCSc2c(F)cccc21)C1CCN(S(=O)(=O)c2ccc(F)cc2)CC1. The predicted molar refractivity (Wildman–Crippen MR) is 111 cm³/mol. The van der Waals surface area contributed by atoms with Crippen LogP contribution in [0.1, 0.15) is 30.9 Å². The molecule has 2 aliphatic heterocycles. The summed E-state index contributed by atoms with van der Waals surface area (Å²) < 4.78 is 53.9. The van der Waals surface area contributed by atoms with Crippen LogP contribution in [0, 0.1) is 17.6 Å². The van der Waals surface area contributed by atoms with Crippen LogP contribution in [0.15, 0.2) is 52.3 Å². The maximum Gasteiger partial charge on any atom is 0.243 e. The van der Waals surface area contributed by atoms with Crippen molar-refractivity contribution in [1.82, 2.24) is 9.62 Å².